The van der Waals surface area contributed by atoms with Crippen LogP contribution in [-0.2, 0) is 9.53 Å². The Balaban J connectivity index is 3.02. The van der Waals surface area contributed by atoms with Crippen molar-refractivity contribution in [2.75, 3.05) is 6.61 Å². The molecule has 2 nitrogen and oxygen atoms in total. The summed E-state index contributed by atoms with van der Waals surface area (Å²) < 4.78 is 4.90. The van der Waals surface area contributed by atoms with E-state index in [0.29, 0.717) is 6.61 Å². The largest absolute Gasteiger partial charge is 0.463 e. The van der Waals surface area contributed by atoms with Crippen LogP contribution in [0.5, 0.6) is 0 Å². The highest BCUT2D eigenvalue weighted by Crippen LogP contribution is 2.13. The highest BCUT2D eigenvalue weighted by atomic mass is 35.5. The summed E-state index contributed by atoms with van der Waals surface area (Å²) >= 11 is 11.5. The van der Waals surface area contributed by atoms with Gasteiger partial charge in [0.1, 0.15) is 0 Å². The number of halogens is 2. The number of hydrogen-bond acceptors (Lipinski definition) is 2. The van der Waals surface area contributed by atoms with E-state index in [1.807, 2.05) is 0 Å². The minimum absolute atomic E-state index is 0.0443. The predicted molar refractivity (Wildman–Crippen MR) is 105 cm³/mol. The molecule has 0 spiro atoms. The monoisotopic (exact) mass is 380 g/mol. The molecular formula is C18H34Cl2O2Si. The summed E-state index contributed by atoms with van der Waals surface area (Å²) in [5, 5.41) is 0. The molecule has 0 aromatic carbocycles. The number of ether oxygens (including phenoxy) is 1. The van der Waals surface area contributed by atoms with Crippen molar-refractivity contribution in [3.63, 3.8) is 0 Å². The van der Waals surface area contributed by atoms with Crippen molar-refractivity contribution < 1.29 is 9.53 Å². The fourth-order valence-electron chi connectivity index (χ4n) is 2.58. The Hall–Kier alpha value is 0.00688. The van der Waals surface area contributed by atoms with E-state index in [4.69, 9.17) is 27.9 Å². The maximum absolute atomic E-state index is 10.8. The number of rotatable bonds is 17. The van der Waals surface area contributed by atoms with Crippen LogP contribution >= 0.6 is 23.2 Å². The lowest BCUT2D eigenvalue weighted by Gasteiger charge is -2.04. The average Bonchev–Trinajstić information content (AvgIpc) is 2.53. The van der Waals surface area contributed by atoms with Crippen molar-refractivity contribution in [2.45, 2.75) is 87.6 Å². The van der Waals surface area contributed by atoms with E-state index in [2.05, 4.69) is 6.58 Å². The molecule has 136 valence electrons. The van der Waals surface area contributed by atoms with E-state index >= 15 is 0 Å². The van der Waals surface area contributed by atoms with Crippen LogP contribution in [0.25, 0.3) is 0 Å². The molecule has 0 rings (SSSR count). The maximum atomic E-state index is 10.8. The number of carbonyl (C=O) groups is 1. The van der Waals surface area contributed by atoms with Gasteiger partial charge in [-0.15, -0.1) is 23.2 Å². The lowest BCUT2D eigenvalue weighted by molar-refractivity contribution is -0.137. The SMILES string of the molecule is C=CC(=O)OCCCCCCCCCCCCCC[SiH2]C(Cl)Cl. The van der Waals surface area contributed by atoms with E-state index < -0.39 is 0 Å². The second kappa shape index (κ2) is 18.3. The third-order valence-corrected chi connectivity index (χ3v) is 6.63. The Kier molecular flexibility index (Phi) is 18.4. The van der Waals surface area contributed by atoms with Crippen LogP contribution in [0.3, 0.4) is 0 Å². The summed E-state index contributed by atoms with van der Waals surface area (Å²) in [7, 11) is -0.219. The Morgan fingerprint density at radius 2 is 1.30 bits per heavy atom. The third kappa shape index (κ3) is 20.0. The molecule has 0 aliphatic carbocycles. The first-order valence-electron chi connectivity index (χ1n) is 9.24. The summed E-state index contributed by atoms with van der Waals surface area (Å²) in [6.07, 6.45) is 16.8. The molecule has 5 heteroatoms. The first kappa shape index (κ1) is 23.0. The molecule has 0 aromatic rings. The molecule has 0 amide bonds. The quantitative estimate of drug-likeness (QED) is 0.105. The number of carbonyl (C=O) groups excluding carboxylic acids is 1. The summed E-state index contributed by atoms with van der Waals surface area (Å²) in [5.74, 6) is -0.311. The lowest BCUT2D eigenvalue weighted by Crippen LogP contribution is -2.01. The second-order valence-corrected chi connectivity index (χ2v) is 10.6. The van der Waals surface area contributed by atoms with Gasteiger partial charge in [-0.25, -0.2) is 4.79 Å². The van der Waals surface area contributed by atoms with Crippen LogP contribution in [0.15, 0.2) is 12.7 Å². The van der Waals surface area contributed by atoms with Crippen LogP contribution in [0, 0.1) is 0 Å². The van der Waals surface area contributed by atoms with Gasteiger partial charge in [0.25, 0.3) is 0 Å². The zero-order chi connectivity index (χ0) is 17.2. The molecule has 0 saturated carbocycles. The van der Waals surface area contributed by atoms with Crippen molar-refractivity contribution in [3.05, 3.63) is 12.7 Å². The molecule has 0 aromatic heterocycles. The smallest absolute Gasteiger partial charge is 0.330 e. The van der Waals surface area contributed by atoms with Gasteiger partial charge in [-0.2, -0.15) is 0 Å². The van der Waals surface area contributed by atoms with Crippen molar-refractivity contribution in [1.82, 2.24) is 0 Å². The summed E-state index contributed by atoms with van der Waals surface area (Å²) in [6, 6.07) is 1.30. The fraction of sp³-hybridized carbons (Fsp3) is 0.833. The van der Waals surface area contributed by atoms with Crippen molar-refractivity contribution in [1.29, 1.82) is 0 Å². The van der Waals surface area contributed by atoms with Gasteiger partial charge in [0.05, 0.1) is 20.6 Å². The average molecular weight is 381 g/mol. The first-order valence-corrected chi connectivity index (χ1v) is 11.9. The molecule has 0 heterocycles. The molecule has 0 fully saturated rings. The molecule has 0 bridgehead atoms. The number of unbranched alkanes of at least 4 members (excludes halogenated alkanes) is 11. The minimum atomic E-state index is -0.311. The van der Waals surface area contributed by atoms with Gasteiger partial charge in [0.2, 0.25) is 0 Å². The molecule has 23 heavy (non-hydrogen) atoms. The Bertz CT molecular complexity index is 286. The van der Waals surface area contributed by atoms with E-state index in [1.165, 1.54) is 76.3 Å². The zero-order valence-corrected chi connectivity index (χ0v) is 17.5. The highest BCUT2D eigenvalue weighted by molar-refractivity contribution is 6.68. The predicted octanol–water partition coefficient (Wildman–Crippen LogP) is 5.75. The van der Waals surface area contributed by atoms with Crippen LogP contribution in [0.1, 0.15) is 77.0 Å². The molecular weight excluding hydrogens is 347 g/mol. The molecule has 0 N–H and O–H groups in total. The highest BCUT2D eigenvalue weighted by Gasteiger charge is 1.99. The van der Waals surface area contributed by atoms with E-state index in [-0.39, 0.29) is 19.9 Å². The number of alkyl halides is 2. The first-order chi connectivity index (χ1) is 11.2. The lowest BCUT2D eigenvalue weighted by atomic mass is 10.1. The van der Waals surface area contributed by atoms with Crippen molar-refractivity contribution in [3.8, 4) is 0 Å². The van der Waals surface area contributed by atoms with Crippen LogP contribution < -0.4 is 0 Å². The molecule has 0 aliphatic heterocycles. The Morgan fingerprint density at radius 1 is 0.870 bits per heavy atom. The normalized spacial score (nSPS) is 11.4. The summed E-state index contributed by atoms with van der Waals surface area (Å²) in [4.78, 5) is 10.8. The van der Waals surface area contributed by atoms with Gasteiger partial charge < -0.3 is 4.74 Å². The minimum Gasteiger partial charge on any atom is -0.463 e. The van der Waals surface area contributed by atoms with Crippen LogP contribution in [0.4, 0.5) is 0 Å². The summed E-state index contributed by atoms with van der Waals surface area (Å²) in [5.41, 5.74) is 0. The maximum Gasteiger partial charge on any atom is 0.330 e. The number of hydrogen-bond donors (Lipinski definition) is 0. The zero-order valence-electron chi connectivity index (χ0n) is 14.5. The standard InChI is InChI=1S/C18H34Cl2O2Si/c1-2-17(21)22-15-13-11-9-7-5-3-4-6-8-10-12-14-16-23-18(19)20/h2,18H,1,3-16,23H2. The van der Waals surface area contributed by atoms with Gasteiger partial charge in [-0.1, -0.05) is 83.3 Å². The molecule has 0 atom stereocenters. The van der Waals surface area contributed by atoms with Crippen LogP contribution in [0.2, 0.25) is 6.04 Å². The summed E-state index contributed by atoms with van der Waals surface area (Å²) in [6.45, 7) is 3.90. The Morgan fingerprint density at radius 3 is 1.74 bits per heavy atom. The van der Waals surface area contributed by atoms with Gasteiger partial charge in [0, 0.05) is 6.08 Å². The van der Waals surface area contributed by atoms with E-state index in [1.54, 1.807) is 0 Å². The molecule has 0 unspecified atom stereocenters. The second-order valence-electron chi connectivity index (χ2n) is 6.15. The van der Waals surface area contributed by atoms with Crippen LogP contribution in [-0.4, -0.2) is 26.6 Å². The van der Waals surface area contributed by atoms with Crippen molar-refractivity contribution >= 4 is 38.7 Å². The van der Waals surface area contributed by atoms with Gasteiger partial charge >= 0.3 is 5.97 Å². The van der Waals surface area contributed by atoms with E-state index in [9.17, 15) is 4.79 Å². The molecule has 0 aliphatic rings. The van der Waals surface area contributed by atoms with Gasteiger partial charge in [-0.05, 0) is 6.42 Å². The molecule has 0 radical (unpaired) electrons. The topological polar surface area (TPSA) is 26.3 Å². The Labute approximate surface area is 155 Å². The van der Waals surface area contributed by atoms with Crippen molar-refractivity contribution in [2.24, 2.45) is 0 Å². The van der Waals surface area contributed by atoms with Gasteiger partial charge in [-0.3, -0.25) is 0 Å². The molecule has 0 saturated heterocycles. The fourth-order valence-corrected chi connectivity index (χ4v) is 4.45. The van der Waals surface area contributed by atoms with Gasteiger partial charge in [0.15, 0.2) is 0 Å². The number of esters is 1. The van der Waals surface area contributed by atoms with E-state index in [0.717, 1.165) is 12.8 Å². The third-order valence-electron chi connectivity index (χ3n) is 3.98.